The van der Waals surface area contributed by atoms with Gasteiger partial charge in [-0.3, -0.25) is 0 Å². The highest BCUT2D eigenvalue weighted by atomic mass is 32.1. The summed E-state index contributed by atoms with van der Waals surface area (Å²) in [7, 11) is 0. The molecule has 0 amide bonds. The van der Waals surface area contributed by atoms with Gasteiger partial charge in [0.15, 0.2) is 0 Å². The molecular formula is C15H25NOS. The Balaban J connectivity index is 1.93. The molecule has 1 saturated heterocycles. The Kier molecular flexibility index (Phi) is 3.86. The van der Waals surface area contributed by atoms with Crippen LogP contribution in [0.15, 0.2) is 16.8 Å². The van der Waals surface area contributed by atoms with Crippen molar-refractivity contribution in [2.75, 3.05) is 0 Å². The van der Waals surface area contributed by atoms with E-state index in [1.54, 1.807) is 11.3 Å². The van der Waals surface area contributed by atoms with Crippen LogP contribution in [-0.2, 0) is 11.2 Å². The van der Waals surface area contributed by atoms with Crippen molar-refractivity contribution in [3.8, 4) is 0 Å². The van der Waals surface area contributed by atoms with Crippen LogP contribution in [0, 0.1) is 0 Å². The van der Waals surface area contributed by atoms with Gasteiger partial charge in [0, 0.05) is 12.1 Å². The smallest absolute Gasteiger partial charge is 0.0787 e. The molecule has 1 aliphatic heterocycles. The minimum Gasteiger partial charge on any atom is -0.368 e. The molecule has 0 aliphatic carbocycles. The highest BCUT2D eigenvalue weighted by molar-refractivity contribution is 7.07. The Morgan fingerprint density at radius 3 is 2.67 bits per heavy atom. The van der Waals surface area contributed by atoms with E-state index >= 15 is 0 Å². The zero-order chi connectivity index (χ0) is 13.4. The topological polar surface area (TPSA) is 21.3 Å². The normalized spacial score (nSPS) is 27.3. The van der Waals surface area contributed by atoms with E-state index in [-0.39, 0.29) is 11.2 Å². The van der Waals surface area contributed by atoms with E-state index in [4.69, 9.17) is 4.74 Å². The third-order valence-electron chi connectivity index (χ3n) is 3.68. The summed E-state index contributed by atoms with van der Waals surface area (Å²) < 4.78 is 6.12. The van der Waals surface area contributed by atoms with Crippen molar-refractivity contribution in [3.63, 3.8) is 0 Å². The van der Waals surface area contributed by atoms with Crippen molar-refractivity contribution >= 4 is 11.3 Å². The maximum Gasteiger partial charge on any atom is 0.0787 e. The number of thiophene rings is 1. The molecule has 1 aromatic heterocycles. The molecular weight excluding hydrogens is 242 g/mol. The number of hydrogen-bond acceptors (Lipinski definition) is 3. The lowest BCUT2D eigenvalue weighted by atomic mass is 9.93. The highest BCUT2D eigenvalue weighted by Crippen LogP contribution is 2.37. The second-order valence-electron chi connectivity index (χ2n) is 6.63. The quantitative estimate of drug-likeness (QED) is 0.899. The zero-order valence-electron chi connectivity index (χ0n) is 12.1. The fraction of sp³-hybridized carbons (Fsp3) is 0.733. The average Bonchev–Trinajstić information content (AvgIpc) is 2.72. The first-order chi connectivity index (χ1) is 8.28. The summed E-state index contributed by atoms with van der Waals surface area (Å²) in [6.45, 7) is 11.0. The maximum absolute atomic E-state index is 6.12. The Morgan fingerprint density at radius 1 is 1.44 bits per heavy atom. The van der Waals surface area contributed by atoms with Crippen LogP contribution in [0.1, 0.15) is 46.6 Å². The zero-order valence-corrected chi connectivity index (χ0v) is 12.9. The van der Waals surface area contributed by atoms with Crippen LogP contribution in [0.4, 0.5) is 0 Å². The van der Waals surface area contributed by atoms with E-state index in [9.17, 15) is 0 Å². The summed E-state index contributed by atoms with van der Waals surface area (Å²) in [5.41, 5.74) is 1.34. The summed E-state index contributed by atoms with van der Waals surface area (Å²) in [4.78, 5) is 0. The highest BCUT2D eigenvalue weighted by Gasteiger charge is 2.45. The Bertz CT molecular complexity index is 383. The van der Waals surface area contributed by atoms with Crippen molar-refractivity contribution in [1.29, 1.82) is 0 Å². The minimum atomic E-state index is -0.0770. The maximum atomic E-state index is 6.12. The third-order valence-corrected chi connectivity index (χ3v) is 4.41. The number of hydrogen-bond donors (Lipinski definition) is 1. The molecule has 3 heteroatoms. The van der Waals surface area contributed by atoms with E-state index in [0.29, 0.717) is 12.1 Å². The van der Waals surface area contributed by atoms with Crippen molar-refractivity contribution in [2.45, 2.75) is 70.7 Å². The van der Waals surface area contributed by atoms with Crippen LogP contribution in [0.2, 0.25) is 0 Å². The largest absolute Gasteiger partial charge is 0.368 e. The van der Waals surface area contributed by atoms with Crippen molar-refractivity contribution in [1.82, 2.24) is 5.32 Å². The predicted octanol–water partition coefficient (Wildman–Crippen LogP) is 3.61. The summed E-state index contributed by atoms with van der Waals surface area (Å²) in [6.07, 6.45) is 2.17. The van der Waals surface area contributed by atoms with Crippen LogP contribution in [-0.4, -0.2) is 23.3 Å². The predicted molar refractivity (Wildman–Crippen MR) is 78.3 cm³/mol. The first kappa shape index (κ1) is 14.0. The number of rotatable bonds is 4. The van der Waals surface area contributed by atoms with Gasteiger partial charge in [0.25, 0.3) is 0 Å². The third kappa shape index (κ3) is 3.34. The van der Waals surface area contributed by atoms with Gasteiger partial charge in [-0.05, 0) is 69.9 Å². The van der Waals surface area contributed by atoms with E-state index in [1.165, 1.54) is 5.56 Å². The molecule has 0 saturated carbocycles. The lowest BCUT2D eigenvalue weighted by Gasteiger charge is -2.30. The second-order valence-corrected chi connectivity index (χ2v) is 7.41. The van der Waals surface area contributed by atoms with Crippen molar-refractivity contribution in [3.05, 3.63) is 22.4 Å². The average molecular weight is 267 g/mol. The molecule has 0 spiro atoms. The molecule has 0 radical (unpaired) electrons. The van der Waals surface area contributed by atoms with Gasteiger partial charge in [0.1, 0.15) is 0 Å². The second kappa shape index (κ2) is 4.95. The van der Waals surface area contributed by atoms with Gasteiger partial charge in [0.05, 0.1) is 11.2 Å². The molecule has 1 N–H and O–H groups in total. The monoisotopic (exact) mass is 267 g/mol. The van der Waals surface area contributed by atoms with Crippen LogP contribution in [0.3, 0.4) is 0 Å². The SMILES string of the molecule is CC(Cc1ccsc1)NC1CC(C)(C)OC1(C)C. The molecule has 2 nitrogen and oxygen atoms in total. The lowest BCUT2D eigenvalue weighted by Crippen LogP contribution is -2.47. The standard InChI is InChI=1S/C15H25NOS/c1-11(8-12-6-7-18-10-12)16-13-9-14(2,3)17-15(13,4)5/h6-7,10-11,13,16H,8-9H2,1-5H3. The molecule has 1 fully saturated rings. The summed E-state index contributed by atoms with van der Waals surface area (Å²) >= 11 is 1.77. The Morgan fingerprint density at radius 2 is 2.17 bits per heavy atom. The lowest BCUT2D eigenvalue weighted by molar-refractivity contribution is -0.0703. The van der Waals surface area contributed by atoms with Gasteiger partial charge in [0.2, 0.25) is 0 Å². The van der Waals surface area contributed by atoms with E-state index in [1.807, 2.05) is 0 Å². The molecule has 1 aromatic rings. The van der Waals surface area contributed by atoms with Crippen LogP contribution in [0.5, 0.6) is 0 Å². The van der Waals surface area contributed by atoms with Gasteiger partial charge in [-0.1, -0.05) is 0 Å². The van der Waals surface area contributed by atoms with Crippen LogP contribution in [0.25, 0.3) is 0 Å². The first-order valence-corrected chi connectivity index (χ1v) is 7.70. The van der Waals surface area contributed by atoms with Gasteiger partial charge >= 0.3 is 0 Å². The molecule has 2 rings (SSSR count). The number of nitrogens with one attached hydrogen (secondary N) is 1. The molecule has 0 aromatic carbocycles. The number of ether oxygens (including phenoxy) is 1. The van der Waals surface area contributed by atoms with Gasteiger partial charge in [-0.15, -0.1) is 0 Å². The summed E-state index contributed by atoms with van der Waals surface area (Å²) in [5, 5.41) is 8.12. The summed E-state index contributed by atoms with van der Waals surface area (Å²) in [6, 6.07) is 3.13. The van der Waals surface area contributed by atoms with E-state index in [2.05, 4.69) is 56.8 Å². The molecule has 102 valence electrons. The molecule has 1 aliphatic rings. The minimum absolute atomic E-state index is 0.0106. The van der Waals surface area contributed by atoms with Crippen molar-refractivity contribution in [2.24, 2.45) is 0 Å². The fourth-order valence-corrected chi connectivity index (χ4v) is 3.67. The van der Waals surface area contributed by atoms with Gasteiger partial charge in [-0.25, -0.2) is 0 Å². The van der Waals surface area contributed by atoms with Gasteiger partial charge < -0.3 is 10.1 Å². The molecule has 0 bridgehead atoms. The summed E-state index contributed by atoms with van der Waals surface area (Å²) in [5.74, 6) is 0. The molecule has 2 atom stereocenters. The van der Waals surface area contributed by atoms with Crippen molar-refractivity contribution < 1.29 is 4.74 Å². The molecule has 2 unspecified atom stereocenters. The Hall–Kier alpha value is -0.380. The molecule has 2 heterocycles. The fourth-order valence-electron chi connectivity index (χ4n) is 2.99. The van der Waals surface area contributed by atoms with Gasteiger partial charge in [-0.2, -0.15) is 11.3 Å². The van der Waals surface area contributed by atoms with Crippen LogP contribution >= 0.6 is 11.3 Å². The molecule has 18 heavy (non-hydrogen) atoms. The van der Waals surface area contributed by atoms with E-state index in [0.717, 1.165) is 12.8 Å². The van der Waals surface area contributed by atoms with Crippen LogP contribution < -0.4 is 5.32 Å². The van der Waals surface area contributed by atoms with E-state index < -0.39 is 0 Å². The Labute approximate surface area is 115 Å². The first-order valence-electron chi connectivity index (χ1n) is 6.76.